The van der Waals surface area contributed by atoms with Crippen LogP contribution in [-0.4, -0.2) is 32.2 Å². The Balaban J connectivity index is 2.09. The van der Waals surface area contributed by atoms with E-state index in [1.165, 1.54) is 6.07 Å². The zero-order valence-corrected chi connectivity index (χ0v) is 12.9. The predicted octanol–water partition coefficient (Wildman–Crippen LogP) is 3.04. The van der Waals surface area contributed by atoms with Gasteiger partial charge in [-0.3, -0.25) is 4.79 Å². The lowest BCUT2D eigenvalue weighted by molar-refractivity contribution is -0.117. The molecule has 0 radical (unpaired) electrons. The molecule has 1 heterocycles. The van der Waals surface area contributed by atoms with Crippen LogP contribution in [0.4, 0.5) is 15.8 Å². The van der Waals surface area contributed by atoms with Gasteiger partial charge in [0.05, 0.1) is 18.9 Å². The van der Waals surface area contributed by atoms with Crippen molar-refractivity contribution in [3.8, 4) is 0 Å². The van der Waals surface area contributed by atoms with Crippen LogP contribution in [0.25, 0.3) is 0 Å². The molecule has 116 valence electrons. The molecule has 0 atom stereocenters. The monoisotopic (exact) mass is 294 g/mol. The minimum Gasteiger partial charge on any atom is -0.378 e. The van der Waals surface area contributed by atoms with Gasteiger partial charge in [-0.2, -0.15) is 0 Å². The Labute approximate surface area is 125 Å². The molecule has 21 heavy (non-hydrogen) atoms. The second-order valence-electron chi connectivity index (χ2n) is 6.55. The maximum atomic E-state index is 14.0. The maximum Gasteiger partial charge on any atom is 0.224 e. The van der Waals surface area contributed by atoms with Gasteiger partial charge in [0, 0.05) is 25.2 Å². The van der Waals surface area contributed by atoms with Gasteiger partial charge in [0.25, 0.3) is 0 Å². The van der Waals surface area contributed by atoms with Crippen LogP contribution in [0.15, 0.2) is 18.2 Å². The fraction of sp³-hybridized carbons (Fsp3) is 0.562. The Kier molecular flexibility index (Phi) is 4.83. The number of hydrogen-bond acceptors (Lipinski definition) is 3. The molecule has 0 aromatic heterocycles. The summed E-state index contributed by atoms with van der Waals surface area (Å²) in [5, 5.41) is 2.84. The first-order chi connectivity index (χ1) is 9.85. The summed E-state index contributed by atoms with van der Waals surface area (Å²) in [6, 6.07) is 4.69. The van der Waals surface area contributed by atoms with E-state index in [1.807, 2.05) is 25.7 Å². The predicted molar refractivity (Wildman–Crippen MR) is 82.1 cm³/mol. The molecular formula is C16H23FN2O2. The van der Waals surface area contributed by atoms with Crippen LogP contribution in [0, 0.1) is 11.2 Å². The van der Waals surface area contributed by atoms with Crippen molar-refractivity contribution in [3.05, 3.63) is 24.0 Å². The number of amides is 1. The molecule has 1 aromatic rings. The fourth-order valence-corrected chi connectivity index (χ4v) is 2.32. The van der Waals surface area contributed by atoms with E-state index in [4.69, 9.17) is 4.74 Å². The van der Waals surface area contributed by atoms with E-state index in [0.717, 1.165) is 0 Å². The van der Waals surface area contributed by atoms with Crippen LogP contribution in [0.3, 0.4) is 0 Å². The molecule has 1 fully saturated rings. The van der Waals surface area contributed by atoms with E-state index in [-0.39, 0.29) is 17.1 Å². The van der Waals surface area contributed by atoms with Crippen LogP contribution in [0.2, 0.25) is 0 Å². The van der Waals surface area contributed by atoms with Crippen molar-refractivity contribution >= 4 is 17.3 Å². The largest absolute Gasteiger partial charge is 0.378 e. The van der Waals surface area contributed by atoms with Gasteiger partial charge in [-0.05, 0) is 23.6 Å². The number of rotatable bonds is 3. The second-order valence-corrected chi connectivity index (χ2v) is 6.55. The van der Waals surface area contributed by atoms with Crippen molar-refractivity contribution in [2.45, 2.75) is 27.2 Å². The molecule has 4 nitrogen and oxygen atoms in total. The zero-order valence-electron chi connectivity index (χ0n) is 12.9. The van der Waals surface area contributed by atoms with Gasteiger partial charge in [-0.25, -0.2) is 4.39 Å². The average Bonchev–Trinajstić information content (AvgIpc) is 2.40. The lowest BCUT2D eigenvalue weighted by atomic mass is 9.92. The molecule has 0 spiro atoms. The van der Waals surface area contributed by atoms with Crippen molar-refractivity contribution in [2.24, 2.45) is 5.41 Å². The van der Waals surface area contributed by atoms with Gasteiger partial charge in [0.1, 0.15) is 5.82 Å². The Morgan fingerprint density at radius 1 is 1.33 bits per heavy atom. The molecular weight excluding hydrogens is 271 g/mol. The highest BCUT2D eigenvalue weighted by atomic mass is 19.1. The highest BCUT2D eigenvalue weighted by molar-refractivity contribution is 5.91. The van der Waals surface area contributed by atoms with E-state index in [9.17, 15) is 9.18 Å². The summed E-state index contributed by atoms with van der Waals surface area (Å²) in [4.78, 5) is 13.9. The van der Waals surface area contributed by atoms with Crippen molar-refractivity contribution < 1.29 is 13.9 Å². The number of anilines is 2. The molecule has 1 saturated heterocycles. The molecule has 0 unspecified atom stereocenters. The van der Waals surface area contributed by atoms with Gasteiger partial charge in [0.2, 0.25) is 5.91 Å². The SMILES string of the molecule is CC(C)(C)CC(=O)Nc1ccc(F)c(N2CCOCC2)c1. The van der Waals surface area contributed by atoms with Gasteiger partial charge in [-0.1, -0.05) is 20.8 Å². The average molecular weight is 294 g/mol. The molecule has 1 N–H and O–H groups in total. The van der Waals surface area contributed by atoms with Crippen LogP contribution in [0.1, 0.15) is 27.2 Å². The van der Waals surface area contributed by atoms with E-state index >= 15 is 0 Å². The number of ether oxygens (including phenoxy) is 1. The normalized spacial score (nSPS) is 15.9. The van der Waals surface area contributed by atoms with Crippen molar-refractivity contribution in [1.29, 1.82) is 0 Å². The summed E-state index contributed by atoms with van der Waals surface area (Å²) in [5.74, 6) is -0.326. The molecule has 0 saturated carbocycles. The number of hydrogen-bond donors (Lipinski definition) is 1. The number of morpholine rings is 1. The van der Waals surface area contributed by atoms with E-state index in [1.54, 1.807) is 12.1 Å². The van der Waals surface area contributed by atoms with Gasteiger partial charge in [-0.15, -0.1) is 0 Å². The van der Waals surface area contributed by atoms with Gasteiger partial charge >= 0.3 is 0 Å². The summed E-state index contributed by atoms with van der Waals surface area (Å²) < 4.78 is 19.2. The molecule has 2 rings (SSSR count). The third kappa shape index (κ3) is 4.70. The van der Waals surface area contributed by atoms with Crippen LogP contribution >= 0.6 is 0 Å². The topological polar surface area (TPSA) is 41.6 Å². The number of benzene rings is 1. The molecule has 0 bridgehead atoms. The lowest BCUT2D eigenvalue weighted by Gasteiger charge is -2.29. The Morgan fingerprint density at radius 3 is 2.62 bits per heavy atom. The maximum absolute atomic E-state index is 14.0. The Hall–Kier alpha value is -1.62. The molecule has 1 aliphatic rings. The fourth-order valence-electron chi connectivity index (χ4n) is 2.32. The third-order valence-electron chi connectivity index (χ3n) is 3.27. The van der Waals surface area contributed by atoms with E-state index in [0.29, 0.717) is 44.1 Å². The zero-order chi connectivity index (χ0) is 15.5. The summed E-state index contributed by atoms with van der Waals surface area (Å²) in [5.41, 5.74) is 1.08. The smallest absolute Gasteiger partial charge is 0.224 e. The third-order valence-corrected chi connectivity index (χ3v) is 3.27. The molecule has 1 amide bonds. The number of carbonyl (C=O) groups excluding carboxylic acids is 1. The Bertz CT molecular complexity index is 505. The van der Waals surface area contributed by atoms with Crippen molar-refractivity contribution in [2.75, 3.05) is 36.5 Å². The molecule has 1 aliphatic heterocycles. The molecule has 5 heteroatoms. The highest BCUT2D eigenvalue weighted by Crippen LogP contribution is 2.25. The minimum absolute atomic E-state index is 0.0537. The van der Waals surface area contributed by atoms with Crippen LogP contribution < -0.4 is 10.2 Å². The van der Waals surface area contributed by atoms with E-state index in [2.05, 4.69) is 5.32 Å². The first-order valence-electron chi connectivity index (χ1n) is 7.27. The number of nitrogens with zero attached hydrogens (tertiary/aromatic N) is 1. The standard InChI is InChI=1S/C16H23FN2O2/c1-16(2,3)11-15(20)18-12-4-5-13(17)14(10-12)19-6-8-21-9-7-19/h4-5,10H,6-9,11H2,1-3H3,(H,18,20). The molecule has 0 aliphatic carbocycles. The summed E-state index contributed by atoms with van der Waals surface area (Å²) in [6.45, 7) is 8.55. The van der Waals surface area contributed by atoms with Gasteiger partial charge in [0.15, 0.2) is 0 Å². The lowest BCUT2D eigenvalue weighted by Crippen LogP contribution is -2.36. The Morgan fingerprint density at radius 2 is 2.00 bits per heavy atom. The number of carbonyl (C=O) groups is 1. The molecule has 1 aromatic carbocycles. The highest BCUT2D eigenvalue weighted by Gasteiger charge is 2.18. The summed E-state index contributed by atoms with van der Waals surface area (Å²) in [6.07, 6.45) is 0.428. The summed E-state index contributed by atoms with van der Waals surface area (Å²) >= 11 is 0. The second kappa shape index (κ2) is 6.43. The first-order valence-corrected chi connectivity index (χ1v) is 7.27. The number of halogens is 1. The summed E-state index contributed by atoms with van der Waals surface area (Å²) in [7, 11) is 0. The van der Waals surface area contributed by atoms with Gasteiger partial charge < -0.3 is 15.0 Å². The quantitative estimate of drug-likeness (QED) is 0.931. The first kappa shape index (κ1) is 15.8. The van der Waals surface area contributed by atoms with E-state index < -0.39 is 0 Å². The van der Waals surface area contributed by atoms with Crippen molar-refractivity contribution in [3.63, 3.8) is 0 Å². The minimum atomic E-state index is -0.272. The number of nitrogens with one attached hydrogen (secondary N) is 1. The van der Waals surface area contributed by atoms with Crippen LogP contribution in [-0.2, 0) is 9.53 Å². The van der Waals surface area contributed by atoms with Crippen molar-refractivity contribution in [1.82, 2.24) is 0 Å². The van der Waals surface area contributed by atoms with Crippen LogP contribution in [0.5, 0.6) is 0 Å².